The second kappa shape index (κ2) is 15.2. The first-order chi connectivity index (χ1) is 13.7. The van der Waals surface area contributed by atoms with Crippen molar-refractivity contribution in [1.29, 1.82) is 0 Å². The predicted molar refractivity (Wildman–Crippen MR) is 108 cm³/mol. The van der Waals surface area contributed by atoms with Gasteiger partial charge in [-0.05, 0) is 24.7 Å². The first-order valence-electron chi connectivity index (χ1n) is 11.0. The van der Waals surface area contributed by atoms with E-state index in [-0.39, 0.29) is 25.0 Å². The van der Waals surface area contributed by atoms with Crippen LogP contribution in [0.15, 0.2) is 0 Å². The van der Waals surface area contributed by atoms with E-state index in [0.29, 0.717) is 0 Å². The highest BCUT2D eigenvalue weighted by Crippen LogP contribution is 2.21. The number of carboxylic acid groups (broad SMARTS) is 1. The summed E-state index contributed by atoms with van der Waals surface area (Å²) < 4.78 is 10.4. The van der Waals surface area contributed by atoms with Crippen LogP contribution < -0.4 is 5.11 Å². The Morgan fingerprint density at radius 3 is 1.76 bits per heavy atom. The van der Waals surface area contributed by atoms with Crippen molar-refractivity contribution >= 4 is 17.9 Å². The Hall–Kier alpha value is -1.63. The van der Waals surface area contributed by atoms with Gasteiger partial charge in [-0.15, -0.1) is 0 Å². The van der Waals surface area contributed by atoms with E-state index < -0.39 is 36.4 Å². The molecule has 0 saturated heterocycles. The monoisotopic (exact) mass is 415 g/mol. The number of carbonyl (C=O) groups excluding carboxylic acids is 3. The summed E-state index contributed by atoms with van der Waals surface area (Å²) >= 11 is 0. The molecule has 0 saturated carbocycles. The number of carboxylic acids is 1. The summed E-state index contributed by atoms with van der Waals surface area (Å²) in [7, 11) is 0. The Kier molecular flexibility index (Phi) is 14.4. The summed E-state index contributed by atoms with van der Waals surface area (Å²) in [4.78, 5) is 35.6. The number of ether oxygens (including phenoxy) is 2. The lowest BCUT2D eigenvalue weighted by molar-refractivity contribution is -0.309. The quantitative estimate of drug-likeness (QED) is 0.363. The van der Waals surface area contributed by atoms with Crippen LogP contribution in [0.5, 0.6) is 0 Å². The van der Waals surface area contributed by atoms with Gasteiger partial charge in [0, 0.05) is 12.4 Å². The molecule has 0 aromatic carbocycles. The Morgan fingerprint density at radius 2 is 1.34 bits per heavy atom. The molecular formula is C22H39O7-. The van der Waals surface area contributed by atoms with Crippen LogP contribution in [0.25, 0.3) is 0 Å². The Balaban J connectivity index is 4.86. The van der Waals surface area contributed by atoms with E-state index in [4.69, 9.17) is 9.47 Å². The maximum Gasteiger partial charge on any atom is 0.339 e. The van der Waals surface area contributed by atoms with Gasteiger partial charge in [0.1, 0.15) is 0 Å². The fraction of sp³-hybridized carbons (Fsp3) is 0.864. The van der Waals surface area contributed by atoms with Crippen LogP contribution in [-0.4, -0.2) is 41.8 Å². The molecule has 29 heavy (non-hydrogen) atoms. The number of aliphatic hydroxyl groups is 1. The minimum atomic E-state index is -2.48. The van der Waals surface area contributed by atoms with Gasteiger partial charge in [0.15, 0.2) is 5.60 Å². The predicted octanol–water partition coefficient (Wildman–Crippen LogP) is 2.77. The SMILES string of the molecule is CCCCC(CC)COC(=O)CC(O)(CC(=O)[O-])C(=O)OCC(CC)CCCC. The number of hydrogen-bond donors (Lipinski definition) is 1. The van der Waals surface area contributed by atoms with Gasteiger partial charge in [0.05, 0.1) is 19.6 Å². The van der Waals surface area contributed by atoms with Gasteiger partial charge in [-0.3, -0.25) is 4.79 Å². The average Bonchev–Trinajstić information content (AvgIpc) is 2.67. The molecule has 0 aliphatic carbocycles. The molecule has 0 aromatic rings. The van der Waals surface area contributed by atoms with Crippen LogP contribution >= 0.6 is 0 Å². The molecule has 0 amide bonds. The van der Waals surface area contributed by atoms with E-state index in [1.165, 1.54) is 0 Å². The van der Waals surface area contributed by atoms with Crippen molar-refractivity contribution < 1.29 is 34.1 Å². The third kappa shape index (κ3) is 11.8. The number of unbranched alkanes of at least 4 members (excludes halogenated alkanes) is 2. The lowest BCUT2D eigenvalue weighted by atomic mass is 9.95. The van der Waals surface area contributed by atoms with Crippen molar-refractivity contribution in [2.75, 3.05) is 13.2 Å². The van der Waals surface area contributed by atoms with Crippen LogP contribution in [-0.2, 0) is 23.9 Å². The zero-order valence-electron chi connectivity index (χ0n) is 18.5. The highest BCUT2D eigenvalue weighted by Gasteiger charge is 2.41. The number of carbonyl (C=O) groups is 3. The maximum atomic E-state index is 12.4. The lowest BCUT2D eigenvalue weighted by Gasteiger charge is -2.27. The maximum absolute atomic E-state index is 12.4. The first kappa shape index (κ1) is 27.4. The highest BCUT2D eigenvalue weighted by atomic mass is 16.6. The molecule has 3 atom stereocenters. The van der Waals surface area contributed by atoms with E-state index >= 15 is 0 Å². The third-order valence-electron chi connectivity index (χ3n) is 5.27. The molecule has 0 aliphatic heterocycles. The summed E-state index contributed by atoms with van der Waals surface area (Å²) in [6, 6.07) is 0. The second-order valence-corrected chi connectivity index (χ2v) is 7.87. The summed E-state index contributed by atoms with van der Waals surface area (Å²) in [5, 5.41) is 21.6. The van der Waals surface area contributed by atoms with Gasteiger partial charge in [0.25, 0.3) is 0 Å². The average molecular weight is 416 g/mol. The van der Waals surface area contributed by atoms with E-state index in [0.717, 1.165) is 51.4 Å². The molecule has 0 aliphatic rings. The number of hydrogen-bond acceptors (Lipinski definition) is 7. The van der Waals surface area contributed by atoms with Gasteiger partial charge >= 0.3 is 11.9 Å². The Labute approximate surface area is 175 Å². The number of esters is 2. The number of rotatable bonds is 17. The first-order valence-corrected chi connectivity index (χ1v) is 11.0. The molecule has 7 heteroatoms. The zero-order valence-corrected chi connectivity index (χ0v) is 18.5. The molecule has 170 valence electrons. The van der Waals surface area contributed by atoms with E-state index in [1.807, 2.05) is 13.8 Å². The largest absolute Gasteiger partial charge is 0.550 e. The lowest BCUT2D eigenvalue weighted by Crippen LogP contribution is -2.47. The fourth-order valence-electron chi connectivity index (χ4n) is 3.07. The molecule has 0 radical (unpaired) electrons. The molecule has 1 N–H and O–H groups in total. The minimum absolute atomic E-state index is 0.0780. The van der Waals surface area contributed by atoms with Crippen molar-refractivity contribution in [3.8, 4) is 0 Å². The highest BCUT2D eigenvalue weighted by molar-refractivity contribution is 5.89. The minimum Gasteiger partial charge on any atom is -0.550 e. The van der Waals surface area contributed by atoms with Crippen LogP contribution in [0, 0.1) is 11.8 Å². The molecular weight excluding hydrogens is 376 g/mol. The molecule has 0 fully saturated rings. The zero-order chi connectivity index (χ0) is 22.3. The number of aliphatic carboxylic acids is 1. The van der Waals surface area contributed by atoms with Crippen molar-refractivity contribution in [2.45, 2.75) is 97.5 Å². The van der Waals surface area contributed by atoms with Gasteiger partial charge in [0.2, 0.25) is 0 Å². The molecule has 0 rings (SSSR count). The van der Waals surface area contributed by atoms with Crippen LogP contribution in [0.4, 0.5) is 0 Å². The van der Waals surface area contributed by atoms with Gasteiger partial charge < -0.3 is 24.5 Å². The van der Waals surface area contributed by atoms with Crippen LogP contribution in [0.1, 0.15) is 91.9 Å². The van der Waals surface area contributed by atoms with Gasteiger partial charge in [-0.25, -0.2) is 4.79 Å². The summed E-state index contributed by atoms with van der Waals surface area (Å²) in [5.74, 6) is -3.25. The van der Waals surface area contributed by atoms with Crippen molar-refractivity contribution in [3.05, 3.63) is 0 Å². The van der Waals surface area contributed by atoms with Crippen molar-refractivity contribution in [3.63, 3.8) is 0 Å². The van der Waals surface area contributed by atoms with Crippen LogP contribution in [0.3, 0.4) is 0 Å². The van der Waals surface area contributed by atoms with Crippen molar-refractivity contribution in [2.24, 2.45) is 11.8 Å². The topological polar surface area (TPSA) is 113 Å². The molecule has 0 aromatic heterocycles. The normalized spacial score (nSPS) is 15.2. The molecule has 0 spiro atoms. The van der Waals surface area contributed by atoms with Crippen molar-refractivity contribution in [1.82, 2.24) is 0 Å². The van der Waals surface area contributed by atoms with E-state index in [9.17, 15) is 24.6 Å². The molecule has 7 nitrogen and oxygen atoms in total. The fourth-order valence-corrected chi connectivity index (χ4v) is 3.07. The van der Waals surface area contributed by atoms with E-state index in [2.05, 4.69) is 13.8 Å². The summed E-state index contributed by atoms with van der Waals surface area (Å²) in [6.07, 6.45) is 5.71. The Morgan fingerprint density at radius 1 is 0.862 bits per heavy atom. The Bertz CT molecular complexity index is 492. The van der Waals surface area contributed by atoms with E-state index in [1.54, 1.807) is 0 Å². The van der Waals surface area contributed by atoms with Crippen LogP contribution in [0.2, 0.25) is 0 Å². The summed E-state index contributed by atoms with van der Waals surface area (Å²) in [5.41, 5.74) is -2.48. The second-order valence-electron chi connectivity index (χ2n) is 7.87. The van der Waals surface area contributed by atoms with Gasteiger partial charge in [-0.2, -0.15) is 0 Å². The third-order valence-corrected chi connectivity index (χ3v) is 5.27. The molecule has 0 heterocycles. The molecule has 3 unspecified atom stereocenters. The smallest absolute Gasteiger partial charge is 0.339 e. The summed E-state index contributed by atoms with van der Waals surface area (Å²) in [6.45, 7) is 8.38. The standard InChI is InChI=1S/C22H40O7/c1-5-9-11-17(7-3)15-28-20(25)14-22(27,13-19(23)24)21(26)29-16-18(8-4)12-10-6-2/h17-18,27H,5-16H2,1-4H3,(H,23,24)/p-1. The van der Waals surface area contributed by atoms with Gasteiger partial charge in [-0.1, -0.05) is 66.2 Å². The molecule has 0 bridgehead atoms.